The predicted octanol–water partition coefficient (Wildman–Crippen LogP) is 0.617. The number of para-hydroxylation sites is 1. The molecule has 2 N–H and O–H groups in total. The quantitative estimate of drug-likeness (QED) is 0.803. The SMILES string of the molecule is Nc1cccc2c1N(CC(=O)N1CCCC1)C(=O)CO2. The third-order valence-corrected chi connectivity index (χ3v) is 3.70. The minimum atomic E-state index is -0.233. The smallest absolute Gasteiger partial charge is 0.265 e. The molecule has 1 aromatic carbocycles. The molecule has 0 aliphatic carbocycles. The molecule has 0 aromatic heterocycles. The Balaban J connectivity index is 1.85. The summed E-state index contributed by atoms with van der Waals surface area (Å²) in [7, 11) is 0. The number of likely N-dealkylation sites (tertiary alicyclic amines) is 1. The molecule has 2 aliphatic rings. The molecule has 6 heteroatoms. The first-order valence-electron chi connectivity index (χ1n) is 6.76. The van der Waals surface area contributed by atoms with Crippen LogP contribution in [-0.2, 0) is 9.59 Å². The van der Waals surface area contributed by atoms with Crippen LogP contribution in [-0.4, -0.2) is 43.0 Å². The minimum Gasteiger partial charge on any atom is -0.481 e. The summed E-state index contributed by atoms with van der Waals surface area (Å²) in [6.45, 7) is 1.52. The molecule has 0 unspecified atom stereocenters. The van der Waals surface area contributed by atoms with Crippen molar-refractivity contribution in [3.8, 4) is 5.75 Å². The van der Waals surface area contributed by atoms with Crippen molar-refractivity contribution < 1.29 is 14.3 Å². The Labute approximate surface area is 117 Å². The monoisotopic (exact) mass is 275 g/mol. The fourth-order valence-corrected chi connectivity index (χ4v) is 2.66. The van der Waals surface area contributed by atoms with Crippen molar-refractivity contribution in [2.45, 2.75) is 12.8 Å². The largest absolute Gasteiger partial charge is 0.481 e. The van der Waals surface area contributed by atoms with E-state index in [0.717, 1.165) is 25.9 Å². The highest BCUT2D eigenvalue weighted by atomic mass is 16.5. The summed E-state index contributed by atoms with van der Waals surface area (Å²) in [5, 5.41) is 0. The third-order valence-electron chi connectivity index (χ3n) is 3.70. The van der Waals surface area contributed by atoms with Crippen LogP contribution in [0.2, 0.25) is 0 Å². The molecule has 1 saturated heterocycles. The van der Waals surface area contributed by atoms with Crippen LogP contribution in [0.4, 0.5) is 11.4 Å². The molecule has 2 heterocycles. The van der Waals surface area contributed by atoms with E-state index in [2.05, 4.69) is 0 Å². The number of amides is 2. The van der Waals surface area contributed by atoms with E-state index in [1.54, 1.807) is 23.1 Å². The number of nitrogens with zero attached hydrogens (tertiary/aromatic N) is 2. The van der Waals surface area contributed by atoms with Gasteiger partial charge in [0.1, 0.15) is 18.0 Å². The second-order valence-electron chi connectivity index (χ2n) is 5.05. The van der Waals surface area contributed by atoms with Crippen molar-refractivity contribution in [3.05, 3.63) is 18.2 Å². The number of carbonyl (C=O) groups is 2. The summed E-state index contributed by atoms with van der Waals surface area (Å²) in [4.78, 5) is 27.5. The van der Waals surface area contributed by atoms with E-state index in [9.17, 15) is 9.59 Å². The van der Waals surface area contributed by atoms with Gasteiger partial charge in [-0.2, -0.15) is 0 Å². The lowest BCUT2D eigenvalue weighted by molar-refractivity contribution is -0.131. The highest BCUT2D eigenvalue weighted by molar-refractivity contribution is 6.04. The van der Waals surface area contributed by atoms with Crippen molar-refractivity contribution in [3.63, 3.8) is 0 Å². The Morgan fingerprint density at radius 3 is 2.80 bits per heavy atom. The van der Waals surface area contributed by atoms with Gasteiger partial charge in [0.15, 0.2) is 6.61 Å². The molecule has 0 radical (unpaired) electrons. The van der Waals surface area contributed by atoms with E-state index in [1.165, 1.54) is 4.90 Å². The molecule has 2 amide bonds. The van der Waals surface area contributed by atoms with E-state index < -0.39 is 0 Å². The average molecular weight is 275 g/mol. The van der Waals surface area contributed by atoms with E-state index in [4.69, 9.17) is 10.5 Å². The lowest BCUT2D eigenvalue weighted by Gasteiger charge is -2.31. The van der Waals surface area contributed by atoms with Crippen molar-refractivity contribution in [2.75, 3.05) is 36.9 Å². The molecule has 3 rings (SSSR count). The first kappa shape index (κ1) is 12.8. The van der Waals surface area contributed by atoms with Gasteiger partial charge in [-0.05, 0) is 25.0 Å². The molecule has 106 valence electrons. The summed E-state index contributed by atoms with van der Waals surface area (Å²) in [5.74, 6) is 0.286. The van der Waals surface area contributed by atoms with Crippen molar-refractivity contribution in [1.82, 2.24) is 4.90 Å². The van der Waals surface area contributed by atoms with Crippen LogP contribution in [0, 0.1) is 0 Å². The Morgan fingerprint density at radius 1 is 1.30 bits per heavy atom. The number of carbonyl (C=O) groups excluding carboxylic acids is 2. The summed E-state index contributed by atoms with van der Waals surface area (Å²) in [6.07, 6.45) is 2.06. The highest BCUT2D eigenvalue weighted by Crippen LogP contribution is 2.37. The fourth-order valence-electron chi connectivity index (χ4n) is 2.66. The van der Waals surface area contributed by atoms with Gasteiger partial charge in [0, 0.05) is 13.1 Å². The Bertz CT molecular complexity index is 553. The van der Waals surface area contributed by atoms with Gasteiger partial charge in [0.25, 0.3) is 5.91 Å². The van der Waals surface area contributed by atoms with Gasteiger partial charge < -0.3 is 15.4 Å². The van der Waals surface area contributed by atoms with E-state index in [1.807, 2.05) is 0 Å². The van der Waals surface area contributed by atoms with Crippen LogP contribution >= 0.6 is 0 Å². The summed E-state index contributed by atoms with van der Waals surface area (Å²) < 4.78 is 5.36. The molecular weight excluding hydrogens is 258 g/mol. The van der Waals surface area contributed by atoms with Crippen LogP contribution in [0.5, 0.6) is 5.75 Å². The van der Waals surface area contributed by atoms with Crippen LogP contribution in [0.1, 0.15) is 12.8 Å². The number of hydrogen-bond donors (Lipinski definition) is 1. The first-order valence-corrected chi connectivity index (χ1v) is 6.76. The minimum absolute atomic E-state index is 0.0312. The number of nitrogen functional groups attached to an aromatic ring is 1. The van der Waals surface area contributed by atoms with Gasteiger partial charge in [-0.1, -0.05) is 6.07 Å². The zero-order valence-electron chi connectivity index (χ0n) is 11.2. The Kier molecular flexibility index (Phi) is 3.22. The molecular formula is C14H17N3O3. The first-order chi connectivity index (χ1) is 9.66. The van der Waals surface area contributed by atoms with Crippen LogP contribution < -0.4 is 15.4 Å². The summed E-state index contributed by atoms with van der Waals surface area (Å²) >= 11 is 0. The number of ether oxygens (including phenoxy) is 1. The highest BCUT2D eigenvalue weighted by Gasteiger charge is 2.30. The zero-order valence-corrected chi connectivity index (χ0v) is 11.2. The zero-order chi connectivity index (χ0) is 14.1. The van der Waals surface area contributed by atoms with Crippen molar-refractivity contribution >= 4 is 23.2 Å². The van der Waals surface area contributed by atoms with Gasteiger partial charge in [-0.25, -0.2) is 0 Å². The van der Waals surface area contributed by atoms with Gasteiger partial charge >= 0.3 is 0 Å². The van der Waals surface area contributed by atoms with Gasteiger partial charge in [-0.3, -0.25) is 14.5 Å². The maximum Gasteiger partial charge on any atom is 0.265 e. The average Bonchev–Trinajstić information content (AvgIpc) is 2.96. The van der Waals surface area contributed by atoms with E-state index >= 15 is 0 Å². The van der Waals surface area contributed by atoms with Gasteiger partial charge in [-0.15, -0.1) is 0 Å². The Hall–Kier alpha value is -2.24. The maximum absolute atomic E-state index is 12.2. The normalized spacial score (nSPS) is 17.9. The molecule has 0 bridgehead atoms. The fraction of sp³-hybridized carbons (Fsp3) is 0.429. The molecule has 6 nitrogen and oxygen atoms in total. The van der Waals surface area contributed by atoms with Gasteiger partial charge in [0.05, 0.1) is 5.69 Å². The number of fused-ring (bicyclic) bond motifs is 1. The standard InChI is InChI=1S/C14H17N3O3/c15-10-4-3-5-11-14(10)17(13(19)9-20-11)8-12(18)16-6-1-2-7-16/h3-5H,1-2,6-9,15H2. The van der Waals surface area contributed by atoms with Crippen molar-refractivity contribution in [2.24, 2.45) is 0 Å². The Morgan fingerprint density at radius 2 is 2.05 bits per heavy atom. The van der Waals surface area contributed by atoms with Crippen molar-refractivity contribution in [1.29, 1.82) is 0 Å². The van der Waals surface area contributed by atoms with Gasteiger partial charge in [0.2, 0.25) is 5.91 Å². The number of anilines is 2. The van der Waals surface area contributed by atoms with Crippen LogP contribution in [0.3, 0.4) is 0 Å². The molecule has 0 saturated carbocycles. The molecule has 2 aliphatic heterocycles. The topological polar surface area (TPSA) is 75.9 Å². The predicted molar refractivity (Wildman–Crippen MR) is 74.5 cm³/mol. The molecule has 1 fully saturated rings. The van der Waals surface area contributed by atoms with Crippen LogP contribution in [0.25, 0.3) is 0 Å². The number of hydrogen-bond acceptors (Lipinski definition) is 4. The molecule has 0 spiro atoms. The number of nitrogens with two attached hydrogens (primary N) is 1. The number of benzene rings is 1. The second kappa shape index (κ2) is 5.03. The third kappa shape index (κ3) is 2.17. The second-order valence-corrected chi connectivity index (χ2v) is 5.05. The number of rotatable bonds is 2. The lowest BCUT2D eigenvalue weighted by atomic mass is 10.2. The molecule has 1 aromatic rings. The summed E-state index contributed by atoms with van der Waals surface area (Å²) in [6, 6.07) is 5.23. The van der Waals surface area contributed by atoms with E-state index in [0.29, 0.717) is 17.1 Å². The molecule has 20 heavy (non-hydrogen) atoms. The molecule has 0 atom stereocenters. The van der Waals surface area contributed by atoms with E-state index in [-0.39, 0.29) is 25.0 Å². The summed E-state index contributed by atoms with van der Waals surface area (Å²) in [5.41, 5.74) is 6.88. The van der Waals surface area contributed by atoms with Crippen LogP contribution in [0.15, 0.2) is 18.2 Å². The lowest BCUT2D eigenvalue weighted by Crippen LogP contribution is -2.46. The maximum atomic E-state index is 12.2.